The number of ether oxygens (including phenoxy) is 1. The third-order valence-electron chi connectivity index (χ3n) is 11.5. The van der Waals surface area contributed by atoms with E-state index in [1.54, 1.807) is 26.0 Å². The minimum Gasteiger partial charge on any atom is -0.478 e. The number of nitrogens with one attached hydrogen (secondary N) is 1. The van der Waals surface area contributed by atoms with Crippen molar-refractivity contribution in [2.75, 3.05) is 31.5 Å². The molecular weight excluding hydrogens is 683 g/mol. The van der Waals surface area contributed by atoms with Crippen molar-refractivity contribution >= 4 is 29.6 Å². The summed E-state index contributed by atoms with van der Waals surface area (Å²) < 4.78 is 5.64. The lowest BCUT2D eigenvalue weighted by Gasteiger charge is -2.32. The highest BCUT2D eigenvalue weighted by molar-refractivity contribution is 5.90. The third-order valence-corrected chi connectivity index (χ3v) is 11.5. The molecule has 0 aromatic carbocycles. The number of hydrogen-bond donors (Lipinski definition) is 2. The number of amides is 2. The number of nitrogens with zero attached hydrogens (tertiary/aromatic N) is 4. The van der Waals surface area contributed by atoms with Gasteiger partial charge in [-0.25, -0.2) is 14.6 Å². The van der Waals surface area contributed by atoms with Crippen LogP contribution in [0.1, 0.15) is 174 Å². The second kappa shape index (κ2) is 19.0. The van der Waals surface area contributed by atoms with E-state index in [0.29, 0.717) is 34.7 Å². The van der Waals surface area contributed by atoms with Gasteiger partial charge in [-0.2, -0.15) is 0 Å². The summed E-state index contributed by atoms with van der Waals surface area (Å²) in [6, 6.07) is 7.49. The van der Waals surface area contributed by atoms with E-state index in [4.69, 9.17) is 14.7 Å². The van der Waals surface area contributed by atoms with Crippen LogP contribution in [0.5, 0.6) is 0 Å². The molecule has 11 nitrogen and oxygen atoms in total. The summed E-state index contributed by atoms with van der Waals surface area (Å²) >= 11 is 0. The molecule has 2 aliphatic carbocycles. The Bertz CT molecular complexity index is 1590. The summed E-state index contributed by atoms with van der Waals surface area (Å²) in [4.78, 5) is 60.8. The van der Waals surface area contributed by atoms with Gasteiger partial charge in [-0.3, -0.25) is 14.6 Å². The first-order chi connectivity index (χ1) is 25.7. The molecular formula is C43H63N5O6. The zero-order valence-electron chi connectivity index (χ0n) is 33.3. The smallest absolute Gasteiger partial charge is 0.338 e. The van der Waals surface area contributed by atoms with Gasteiger partial charge in [0, 0.05) is 75.0 Å². The number of rotatable bonds is 8. The predicted molar refractivity (Wildman–Crippen MR) is 210 cm³/mol. The molecule has 4 heterocycles. The first-order valence-corrected chi connectivity index (χ1v) is 20.5. The monoisotopic (exact) mass is 745 g/mol. The fourth-order valence-corrected chi connectivity index (χ4v) is 8.43. The Morgan fingerprint density at radius 3 is 1.70 bits per heavy atom. The van der Waals surface area contributed by atoms with E-state index in [1.807, 2.05) is 42.7 Å². The Morgan fingerprint density at radius 1 is 0.704 bits per heavy atom. The van der Waals surface area contributed by atoms with Crippen LogP contribution in [-0.4, -0.2) is 86.4 Å². The van der Waals surface area contributed by atoms with Crippen LogP contribution in [0.25, 0.3) is 0 Å². The topological polar surface area (TPSA) is 142 Å². The SMILES string of the molecule is CC(=O)N1CCC(Cc2cc(C(=O)OC(C)(C)C)cc(C3CCCCC3)n2)CC1.CC(=O)N1CCC(Nc2cc(C(=O)O)cc(C3CCCCC3)n2)CC1. The maximum atomic E-state index is 12.8. The van der Waals surface area contributed by atoms with E-state index in [0.717, 1.165) is 101 Å². The van der Waals surface area contributed by atoms with Crippen LogP contribution >= 0.6 is 0 Å². The molecule has 296 valence electrons. The maximum absolute atomic E-state index is 12.8. The number of hydrogen-bond acceptors (Lipinski definition) is 8. The van der Waals surface area contributed by atoms with E-state index < -0.39 is 11.6 Å². The van der Waals surface area contributed by atoms with Crippen LogP contribution in [0, 0.1) is 5.92 Å². The maximum Gasteiger partial charge on any atom is 0.338 e. The number of carboxylic acids is 1. The van der Waals surface area contributed by atoms with Crippen LogP contribution in [0.3, 0.4) is 0 Å². The fraction of sp³-hybridized carbons (Fsp3) is 0.674. The molecule has 2 amide bonds. The van der Waals surface area contributed by atoms with Crippen molar-refractivity contribution in [3.05, 3.63) is 52.5 Å². The number of likely N-dealkylation sites (tertiary alicyclic amines) is 2. The number of carbonyl (C=O) groups is 4. The number of aromatic carboxylic acids is 1. The number of aromatic nitrogens is 2. The summed E-state index contributed by atoms with van der Waals surface area (Å²) in [5.41, 5.74) is 3.39. The normalized spacial score (nSPS) is 19.4. The summed E-state index contributed by atoms with van der Waals surface area (Å²) in [6.07, 6.45) is 16.5. The molecule has 4 aliphatic rings. The van der Waals surface area contributed by atoms with Crippen LogP contribution in [0.2, 0.25) is 0 Å². The molecule has 2 saturated carbocycles. The van der Waals surface area contributed by atoms with Gasteiger partial charge < -0.3 is 25.0 Å². The standard InChI is InChI=1S/C24H36N2O3.C19H27N3O3/c1-17(27)26-12-10-18(11-13-26)14-21-15-20(23(28)29-24(2,3)4)16-22(25-21)19-8-6-5-7-9-19;1-13(23)22-9-7-16(8-10-22)20-18-12-15(19(24)25)11-17(21-18)14-5-3-2-4-6-14/h15-16,18-19H,5-14H2,1-4H3;11-12,14,16H,2-10H2,1H3,(H,20,21)(H,24,25). The van der Waals surface area contributed by atoms with Crippen molar-refractivity contribution in [2.45, 2.75) is 154 Å². The second-order valence-electron chi connectivity index (χ2n) is 17.0. The molecule has 54 heavy (non-hydrogen) atoms. The lowest BCUT2D eigenvalue weighted by Crippen LogP contribution is -2.41. The zero-order chi connectivity index (χ0) is 38.8. The average molecular weight is 746 g/mol. The van der Waals surface area contributed by atoms with Crippen molar-refractivity contribution in [1.29, 1.82) is 0 Å². The van der Waals surface area contributed by atoms with Gasteiger partial charge in [0.05, 0.1) is 11.1 Å². The van der Waals surface area contributed by atoms with E-state index in [1.165, 1.54) is 38.5 Å². The quantitative estimate of drug-likeness (QED) is 0.256. The highest BCUT2D eigenvalue weighted by Crippen LogP contribution is 2.34. The van der Waals surface area contributed by atoms with Crippen molar-refractivity contribution in [1.82, 2.24) is 19.8 Å². The highest BCUT2D eigenvalue weighted by atomic mass is 16.6. The predicted octanol–water partition coefficient (Wildman–Crippen LogP) is 8.14. The molecule has 2 N–H and O–H groups in total. The van der Waals surface area contributed by atoms with Gasteiger partial charge in [0.1, 0.15) is 11.4 Å². The number of carboxylic acid groups (broad SMARTS) is 1. The average Bonchev–Trinajstić information content (AvgIpc) is 3.15. The molecule has 11 heteroatoms. The Kier molecular flexibility index (Phi) is 14.5. The number of piperidine rings is 2. The van der Waals surface area contributed by atoms with Crippen LogP contribution < -0.4 is 5.32 Å². The first kappa shape index (κ1) is 41.1. The number of pyridine rings is 2. The van der Waals surface area contributed by atoms with Crippen LogP contribution in [0.4, 0.5) is 5.82 Å². The second-order valence-corrected chi connectivity index (χ2v) is 17.0. The van der Waals surface area contributed by atoms with E-state index in [-0.39, 0.29) is 23.8 Å². The Hall–Kier alpha value is -4.02. The van der Waals surface area contributed by atoms with E-state index in [9.17, 15) is 24.3 Å². The molecule has 6 rings (SSSR count). The Balaban J connectivity index is 0.000000210. The Labute approximate surface area is 322 Å². The van der Waals surface area contributed by atoms with Gasteiger partial charge in [-0.05, 0) is 109 Å². The Morgan fingerprint density at radius 2 is 1.20 bits per heavy atom. The van der Waals surface area contributed by atoms with E-state index >= 15 is 0 Å². The van der Waals surface area contributed by atoms with Crippen molar-refractivity contribution < 1.29 is 29.0 Å². The van der Waals surface area contributed by atoms with Crippen LogP contribution in [-0.2, 0) is 20.7 Å². The number of carbonyl (C=O) groups excluding carboxylic acids is 3. The van der Waals surface area contributed by atoms with Gasteiger partial charge in [0.15, 0.2) is 0 Å². The van der Waals surface area contributed by atoms with Crippen molar-refractivity contribution in [3.8, 4) is 0 Å². The molecule has 0 atom stereocenters. The molecule has 0 spiro atoms. The largest absolute Gasteiger partial charge is 0.478 e. The molecule has 0 unspecified atom stereocenters. The van der Waals surface area contributed by atoms with Gasteiger partial charge in [0.25, 0.3) is 0 Å². The lowest BCUT2D eigenvalue weighted by atomic mass is 9.85. The minimum atomic E-state index is -0.908. The van der Waals surface area contributed by atoms with Crippen LogP contribution in [0.15, 0.2) is 24.3 Å². The molecule has 2 aliphatic heterocycles. The molecule has 4 fully saturated rings. The summed E-state index contributed by atoms with van der Waals surface area (Å²) in [5, 5.41) is 12.8. The zero-order valence-corrected chi connectivity index (χ0v) is 33.3. The number of esters is 1. The summed E-state index contributed by atoms with van der Waals surface area (Å²) in [5.74, 6) is 1.08. The van der Waals surface area contributed by atoms with Gasteiger partial charge in [-0.1, -0.05) is 38.5 Å². The summed E-state index contributed by atoms with van der Waals surface area (Å²) in [7, 11) is 0. The highest BCUT2D eigenvalue weighted by Gasteiger charge is 2.27. The number of anilines is 1. The molecule has 2 aromatic heterocycles. The van der Waals surface area contributed by atoms with Gasteiger partial charge in [0.2, 0.25) is 11.8 Å². The first-order valence-electron chi connectivity index (χ1n) is 20.5. The lowest BCUT2D eigenvalue weighted by molar-refractivity contribution is -0.130. The summed E-state index contributed by atoms with van der Waals surface area (Å²) in [6.45, 7) is 12.1. The van der Waals surface area contributed by atoms with Gasteiger partial charge >= 0.3 is 11.9 Å². The molecule has 0 radical (unpaired) electrons. The van der Waals surface area contributed by atoms with Crippen molar-refractivity contribution in [2.24, 2.45) is 5.92 Å². The molecule has 2 saturated heterocycles. The van der Waals surface area contributed by atoms with E-state index in [2.05, 4.69) is 5.32 Å². The molecule has 0 bridgehead atoms. The van der Waals surface area contributed by atoms with Gasteiger partial charge in [-0.15, -0.1) is 0 Å². The minimum absolute atomic E-state index is 0.115. The fourth-order valence-electron chi connectivity index (χ4n) is 8.43. The third kappa shape index (κ3) is 12.2. The van der Waals surface area contributed by atoms with Crippen molar-refractivity contribution in [3.63, 3.8) is 0 Å². The molecule has 2 aromatic rings.